The number of rotatable bonds is 5. The topological polar surface area (TPSA) is 65.4 Å². The van der Waals surface area contributed by atoms with Crippen LogP contribution in [-0.2, 0) is 11.3 Å². The first-order chi connectivity index (χ1) is 12.5. The minimum Gasteiger partial charge on any atom is -0.495 e. The lowest BCUT2D eigenvalue weighted by atomic mass is 10.1. The number of benzene rings is 2. The molecule has 0 fully saturated rings. The molecule has 2 aromatic carbocycles. The minimum atomic E-state index is -0.150. The number of hydrogen-bond donors (Lipinski definition) is 1. The van der Waals surface area contributed by atoms with Crippen LogP contribution in [0.2, 0.25) is 5.02 Å². The Morgan fingerprint density at radius 1 is 1.38 bits per heavy atom. The van der Waals surface area contributed by atoms with Crippen LogP contribution in [0.25, 0.3) is 0 Å². The van der Waals surface area contributed by atoms with Gasteiger partial charge in [-0.25, -0.2) is 0 Å². The summed E-state index contributed by atoms with van der Waals surface area (Å²) in [5.41, 5.74) is 2.94. The molecule has 0 atom stereocenters. The quantitative estimate of drug-likeness (QED) is 0.775. The van der Waals surface area contributed by atoms with Gasteiger partial charge in [-0.05, 0) is 45.8 Å². The zero-order valence-corrected chi connectivity index (χ0v) is 16.3. The highest BCUT2D eigenvalue weighted by Crippen LogP contribution is 2.35. The molecule has 132 valence electrons. The van der Waals surface area contributed by atoms with Crippen molar-refractivity contribution in [1.82, 2.24) is 5.32 Å². The number of amides is 1. The third-order valence-corrected chi connectivity index (χ3v) is 4.96. The molecular weight excluding hydrogens is 418 g/mol. The van der Waals surface area contributed by atoms with E-state index in [0.717, 1.165) is 15.7 Å². The molecular formula is C19H15BrClN3O2. The normalized spacial score (nSPS) is 13.0. The minimum absolute atomic E-state index is 0.150. The van der Waals surface area contributed by atoms with Crippen LogP contribution in [0.4, 0.5) is 5.69 Å². The maximum atomic E-state index is 11.7. The van der Waals surface area contributed by atoms with Crippen LogP contribution < -0.4 is 15.0 Å². The molecule has 0 aliphatic carbocycles. The van der Waals surface area contributed by atoms with Gasteiger partial charge >= 0.3 is 0 Å². The van der Waals surface area contributed by atoms with Gasteiger partial charge in [0, 0.05) is 22.8 Å². The van der Waals surface area contributed by atoms with Gasteiger partial charge in [-0.15, -0.1) is 0 Å². The first-order valence-corrected chi connectivity index (χ1v) is 8.97. The Kier molecular flexibility index (Phi) is 5.50. The average molecular weight is 433 g/mol. The molecule has 2 aromatic rings. The van der Waals surface area contributed by atoms with Gasteiger partial charge in [-0.3, -0.25) is 4.79 Å². The van der Waals surface area contributed by atoms with E-state index >= 15 is 0 Å². The number of carbonyl (C=O) groups is 1. The van der Waals surface area contributed by atoms with Crippen molar-refractivity contribution in [1.29, 1.82) is 5.26 Å². The maximum absolute atomic E-state index is 11.7. The van der Waals surface area contributed by atoms with E-state index in [-0.39, 0.29) is 5.91 Å². The van der Waals surface area contributed by atoms with Crippen LogP contribution in [0.3, 0.4) is 0 Å². The van der Waals surface area contributed by atoms with Crippen LogP contribution in [0.5, 0.6) is 5.75 Å². The highest BCUT2D eigenvalue weighted by atomic mass is 79.9. The monoisotopic (exact) mass is 431 g/mol. The molecule has 1 aliphatic rings. The van der Waals surface area contributed by atoms with Gasteiger partial charge in [0.15, 0.2) is 0 Å². The fourth-order valence-electron chi connectivity index (χ4n) is 2.80. The van der Waals surface area contributed by atoms with Crippen molar-refractivity contribution in [3.05, 3.63) is 68.8 Å². The predicted octanol–water partition coefficient (Wildman–Crippen LogP) is 4.00. The number of ether oxygens (including phenoxy) is 1. The summed E-state index contributed by atoms with van der Waals surface area (Å²) in [6, 6.07) is 13.2. The van der Waals surface area contributed by atoms with Crippen LogP contribution in [0.1, 0.15) is 11.1 Å². The molecule has 0 aromatic heterocycles. The smallest absolute Gasteiger partial charge is 0.246 e. The van der Waals surface area contributed by atoms with Gasteiger partial charge < -0.3 is 15.0 Å². The molecule has 0 saturated carbocycles. The molecule has 1 heterocycles. The van der Waals surface area contributed by atoms with Crippen LogP contribution in [-0.4, -0.2) is 19.6 Å². The Morgan fingerprint density at radius 3 is 2.81 bits per heavy atom. The zero-order chi connectivity index (χ0) is 18.7. The summed E-state index contributed by atoms with van der Waals surface area (Å²) >= 11 is 9.78. The lowest BCUT2D eigenvalue weighted by Crippen LogP contribution is -2.26. The number of carbonyl (C=O) groups excluding carboxylic acids is 1. The number of nitrogens with one attached hydrogen (secondary N) is 1. The third kappa shape index (κ3) is 3.69. The number of nitrogens with zero attached hydrogens (tertiary/aromatic N) is 2. The lowest BCUT2D eigenvalue weighted by Gasteiger charge is -2.28. The van der Waals surface area contributed by atoms with E-state index in [9.17, 15) is 10.1 Å². The second kappa shape index (κ2) is 7.81. The summed E-state index contributed by atoms with van der Waals surface area (Å²) in [6.07, 6.45) is 1.55. The van der Waals surface area contributed by atoms with Crippen LogP contribution in [0.15, 0.2) is 52.6 Å². The van der Waals surface area contributed by atoms with Gasteiger partial charge in [0.1, 0.15) is 11.8 Å². The fourth-order valence-corrected chi connectivity index (χ4v) is 3.66. The van der Waals surface area contributed by atoms with Gasteiger partial charge in [0.25, 0.3) is 0 Å². The largest absolute Gasteiger partial charge is 0.495 e. The molecule has 1 aliphatic heterocycles. The van der Waals surface area contributed by atoms with E-state index < -0.39 is 0 Å². The molecule has 0 saturated heterocycles. The highest BCUT2D eigenvalue weighted by molar-refractivity contribution is 9.10. The predicted molar refractivity (Wildman–Crippen MR) is 104 cm³/mol. The summed E-state index contributed by atoms with van der Waals surface area (Å²) in [4.78, 5) is 13.6. The molecule has 1 amide bonds. The number of nitriles is 1. The van der Waals surface area contributed by atoms with E-state index in [2.05, 4.69) is 27.3 Å². The Labute approximate surface area is 164 Å². The maximum Gasteiger partial charge on any atom is 0.246 e. The number of para-hydroxylation sites is 1. The molecule has 7 heteroatoms. The summed E-state index contributed by atoms with van der Waals surface area (Å²) in [5, 5.41) is 12.8. The molecule has 0 bridgehead atoms. The van der Waals surface area contributed by atoms with E-state index in [1.165, 1.54) is 0 Å². The van der Waals surface area contributed by atoms with Crippen molar-refractivity contribution in [3.63, 3.8) is 0 Å². The van der Waals surface area contributed by atoms with E-state index in [1.807, 2.05) is 23.1 Å². The lowest BCUT2D eigenvalue weighted by molar-refractivity contribution is -0.115. The van der Waals surface area contributed by atoms with Crippen molar-refractivity contribution in [2.75, 3.05) is 18.6 Å². The number of halogens is 2. The SMILES string of the molecule is COc1ccc(CN(C2=CC(=O)NC2)c2c(Br)cccc2C#N)cc1Cl. The van der Waals surface area contributed by atoms with Gasteiger partial charge in [-0.2, -0.15) is 5.26 Å². The summed E-state index contributed by atoms with van der Waals surface area (Å²) < 4.78 is 5.97. The molecule has 5 nitrogen and oxygen atoms in total. The molecule has 1 N–H and O–H groups in total. The second-order valence-corrected chi connectivity index (χ2v) is 6.92. The number of methoxy groups -OCH3 is 1. The molecule has 3 rings (SSSR count). The Balaban J connectivity index is 2.06. The van der Waals surface area contributed by atoms with Crippen molar-refractivity contribution in [2.24, 2.45) is 0 Å². The van der Waals surface area contributed by atoms with Crippen LogP contribution >= 0.6 is 27.5 Å². The van der Waals surface area contributed by atoms with Crippen molar-refractivity contribution in [3.8, 4) is 11.8 Å². The van der Waals surface area contributed by atoms with Crippen molar-refractivity contribution >= 4 is 39.1 Å². The van der Waals surface area contributed by atoms with E-state index in [1.54, 1.807) is 31.4 Å². The van der Waals surface area contributed by atoms with Crippen molar-refractivity contribution in [2.45, 2.75) is 6.54 Å². The van der Waals surface area contributed by atoms with Gasteiger partial charge in [0.05, 0.1) is 29.9 Å². The Bertz CT molecular complexity index is 937. The average Bonchev–Trinajstić information content (AvgIpc) is 3.06. The third-order valence-electron chi connectivity index (χ3n) is 4.02. The molecule has 0 radical (unpaired) electrons. The summed E-state index contributed by atoms with van der Waals surface area (Å²) in [6.45, 7) is 0.844. The van der Waals surface area contributed by atoms with Crippen LogP contribution in [0, 0.1) is 11.3 Å². The second-order valence-electron chi connectivity index (χ2n) is 5.66. The highest BCUT2D eigenvalue weighted by Gasteiger charge is 2.23. The number of hydrogen-bond acceptors (Lipinski definition) is 4. The standard InChI is InChI=1S/C19H15BrClN3O2/c1-26-17-6-5-12(7-16(17)21)11-24(14-8-18(25)23-10-14)19-13(9-22)3-2-4-15(19)20/h2-8H,10-11H2,1H3,(H,23,25). The molecule has 0 unspecified atom stereocenters. The van der Waals surface area contributed by atoms with E-state index in [0.29, 0.717) is 35.1 Å². The Hall–Kier alpha value is -2.49. The summed E-state index contributed by atoms with van der Waals surface area (Å²) in [5.74, 6) is 0.445. The Morgan fingerprint density at radius 2 is 2.19 bits per heavy atom. The van der Waals surface area contributed by atoms with Gasteiger partial charge in [0.2, 0.25) is 5.91 Å². The zero-order valence-electron chi connectivity index (χ0n) is 13.9. The first-order valence-electron chi connectivity index (χ1n) is 7.80. The van der Waals surface area contributed by atoms with E-state index in [4.69, 9.17) is 16.3 Å². The summed E-state index contributed by atoms with van der Waals surface area (Å²) in [7, 11) is 1.56. The molecule has 0 spiro atoms. The van der Waals surface area contributed by atoms with Crippen molar-refractivity contribution < 1.29 is 9.53 Å². The fraction of sp³-hybridized carbons (Fsp3) is 0.158. The first kappa shape index (κ1) is 18.3. The molecule has 26 heavy (non-hydrogen) atoms. The van der Waals surface area contributed by atoms with Gasteiger partial charge in [-0.1, -0.05) is 23.7 Å². The number of anilines is 1.